The zero-order chi connectivity index (χ0) is 17.8. The van der Waals surface area contributed by atoms with Gasteiger partial charge in [-0.15, -0.1) is 0 Å². The Kier molecular flexibility index (Phi) is 2.88. The molecule has 2 aromatic heterocycles. The topological polar surface area (TPSA) is 38.3 Å². The standard InChI is InChI=1S/C24H15NO2/c1-3-7-21-17(5-1)19-11-9-15(13-23(19)26-21)25-16-10-12-20-18-6-2-4-8-22(18)27-24(20)14-16/h1-14,25H. The molecule has 0 aliphatic carbocycles. The van der Waals surface area contributed by atoms with Gasteiger partial charge in [-0.05, 0) is 36.4 Å². The lowest BCUT2D eigenvalue weighted by atomic mass is 10.1. The highest BCUT2D eigenvalue weighted by molar-refractivity contribution is 6.07. The number of nitrogens with one attached hydrogen (secondary N) is 1. The molecule has 0 atom stereocenters. The van der Waals surface area contributed by atoms with E-state index in [1.165, 1.54) is 0 Å². The third-order valence-corrected chi connectivity index (χ3v) is 5.05. The Balaban J connectivity index is 1.42. The smallest absolute Gasteiger partial charge is 0.137 e. The van der Waals surface area contributed by atoms with Crippen LogP contribution in [0.2, 0.25) is 0 Å². The quantitative estimate of drug-likeness (QED) is 0.358. The van der Waals surface area contributed by atoms with Crippen molar-refractivity contribution in [2.45, 2.75) is 0 Å². The van der Waals surface area contributed by atoms with Gasteiger partial charge in [-0.2, -0.15) is 0 Å². The largest absolute Gasteiger partial charge is 0.456 e. The maximum absolute atomic E-state index is 5.98. The van der Waals surface area contributed by atoms with E-state index in [9.17, 15) is 0 Å². The normalized spacial score (nSPS) is 11.7. The van der Waals surface area contributed by atoms with Crippen LogP contribution in [-0.2, 0) is 0 Å². The number of hydrogen-bond donors (Lipinski definition) is 1. The summed E-state index contributed by atoms with van der Waals surface area (Å²) in [6.07, 6.45) is 0. The molecule has 1 N–H and O–H groups in total. The van der Waals surface area contributed by atoms with Gasteiger partial charge < -0.3 is 14.2 Å². The van der Waals surface area contributed by atoms with Gasteiger partial charge in [-0.25, -0.2) is 0 Å². The summed E-state index contributed by atoms with van der Waals surface area (Å²) in [4.78, 5) is 0. The molecule has 3 nitrogen and oxygen atoms in total. The number of fused-ring (bicyclic) bond motifs is 6. The predicted molar refractivity (Wildman–Crippen MR) is 111 cm³/mol. The Labute approximate surface area is 154 Å². The molecule has 0 bridgehead atoms. The van der Waals surface area contributed by atoms with Gasteiger partial charge in [0.25, 0.3) is 0 Å². The number of anilines is 2. The fourth-order valence-electron chi connectivity index (χ4n) is 3.77. The molecule has 6 rings (SSSR count). The first-order valence-electron chi connectivity index (χ1n) is 8.95. The Hall–Kier alpha value is -3.72. The van der Waals surface area contributed by atoms with Crippen LogP contribution >= 0.6 is 0 Å². The van der Waals surface area contributed by atoms with E-state index in [0.717, 1.165) is 55.3 Å². The van der Waals surface area contributed by atoms with Crippen molar-refractivity contribution in [3.8, 4) is 0 Å². The van der Waals surface area contributed by atoms with Crippen molar-refractivity contribution in [3.63, 3.8) is 0 Å². The zero-order valence-corrected chi connectivity index (χ0v) is 14.4. The van der Waals surface area contributed by atoms with Crippen LogP contribution in [0.3, 0.4) is 0 Å². The highest BCUT2D eigenvalue weighted by Gasteiger charge is 2.09. The van der Waals surface area contributed by atoms with Gasteiger partial charge in [-0.1, -0.05) is 36.4 Å². The van der Waals surface area contributed by atoms with E-state index in [1.807, 2.05) is 48.5 Å². The summed E-state index contributed by atoms with van der Waals surface area (Å²) in [5.74, 6) is 0. The van der Waals surface area contributed by atoms with Crippen LogP contribution < -0.4 is 5.32 Å². The molecule has 128 valence electrons. The van der Waals surface area contributed by atoms with Crippen LogP contribution in [0.25, 0.3) is 43.9 Å². The van der Waals surface area contributed by atoms with E-state index in [4.69, 9.17) is 8.83 Å². The van der Waals surface area contributed by atoms with Crippen molar-refractivity contribution in [2.75, 3.05) is 5.32 Å². The molecular formula is C24H15NO2. The highest BCUT2D eigenvalue weighted by Crippen LogP contribution is 2.33. The van der Waals surface area contributed by atoms with Crippen molar-refractivity contribution >= 4 is 55.3 Å². The molecule has 0 saturated carbocycles. The van der Waals surface area contributed by atoms with E-state index in [-0.39, 0.29) is 0 Å². The lowest BCUT2D eigenvalue weighted by Gasteiger charge is -2.06. The molecule has 6 aromatic rings. The number of benzene rings is 4. The average molecular weight is 349 g/mol. The monoisotopic (exact) mass is 349 g/mol. The Morgan fingerprint density at radius 3 is 1.41 bits per heavy atom. The van der Waals surface area contributed by atoms with Gasteiger partial charge in [0.2, 0.25) is 0 Å². The second-order valence-corrected chi connectivity index (χ2v) is 6.74. The molecular weight excluding hydrogens is 334 g/mol. The van der Waals surface area contributed by atoms with Gasteiger partial charge in [0.05, 0.1) is 0 Å². The first kappa shape index (κ1) is 14.4. The molecule has 0 fully saturated rings. The second kappa shape index (κ2) is 5.39. The van der Waals surface area contributed by atoms with Gasteiger partial charge in [-0.3, -0.25) is 0 Å². The van der Waals surface area contributed by atoms with Gasteiger partial charge in [0.15, 0.2) is 0 Å². The molecule has 0 aliphatic rings. The fraction of sp³-hybridized carbons (Fsp3) is 0. The van der Waals surface area contributed by atoms with E-state index in [2.05, 4.69) is 41.7 Å². The molecule has 0 unspecified atom stereocenters. The number of rotatable bonds is 2. The molecule has 0 saturated heterocycles. The molecule has 0 aliphatic heterocycles. The Morgan fingerprint density at radius 2 is 0.889 bits per heavy atom. The number of furan rings is 2. The van der Waals surface area contributed by atoms with Crippen LogP contribution in [0.1, 0.15) is 0 Å². The van der Waals surface area contributed by atoms with Crippen LogP contribution in [0.4, 0.5) is 11.4 Å². The molecule has 2 heterocycles. The first-order chi connectivity index (χ1) is 13.3. The summed E-state index contributed by atoms with van der Waals surface area (Å²) in [5.41, 5.74) is 5.55. The van der Waals surface area contributed by atoms with E-state index >= 15 is 0 Å². The van der Waals surface area contributed by atoms with E-state index in [1.54, 1.807) is 0 Å². The minimum atomic E-state index is 0.881. The molecule has 0 amide bonds. The van der Waals surface area contributed by atoms with E-state index < -0.39 is 0 Å². The summed E-state index contributed by atoms with van der Waals surface area (Å²) < 4.78 is 12.0. The maximum atomic E-state index is 5.98. The number of para-hydroxylation sites is 2. The molecule has 0 radical (unpaired) electrons. The van der Waals surface area contributed by atoms with Gasteiger partial charge in [0.1, 0.15) is 22.3 Å². The SMILES string of the molecule is c1ccc2c(c1)oc1cc(Nc3ccc4c(c3)oc3ccccc34)ccc12. The number of hydrogen-bond acceptors (Lipinski definition) is 3. The van der Waals surface area contributed by atoms with Gasteiger partial charge in [0, 0.05) is 45.1 Å². The van der Waals surface area contributed by atoms with Crippen molar-refractivity contribution < 1.29 is 8.83 Å². The lowest BCUT2D eigenvalue weighted by molar-refractivity contribution is 0.669. The third kappa shape index (κ3) is 2.22. The average Bonchev–Trinajstić information content (AvgIpc) is 3.25. The minimum Gasteiger partial charge on any atom is -0.456 e. The summed E-state index contributed by atoms with van der Waals surface area (Å²) in [7, 11) is 0. The summed E-state index contributed by atoms with van der Waals surface area (Å²) in [6, 6.07) is 28.7. The van der Waals surface area contributed by atoms with Crippen LogP contribution in [0, 0.1) is 0 Å². The molecule has 4 aromatic carbocycles. The lowest BCUT2D eigenvalue weighted by Crippen LogP contribution is -1.89. The fourth-order valence-corrected chi connectivity index (χ4v) is 3.77. The van der Waals surface area contributed by atoms with Crippen LogP contribution in [-0.4, -0.2) is 0 Å². The highest BCUT2D eigenvalue weighted by atomic mass is 16.3. The second-order valence-electron chi connectivity index (χ2n) is 6.74. The van der Waals surface area contributed by atoms with Crippen molar-refractivity contribution in [2.24, 2.45) is 0 Å². The van der Waals surface area contributed by atoms with Crippen LogP contribution in [0.5, 0.6) is 0 Å². The summed E-state index contributed by atoms with van der Waals surface area (Å²) in [5, 5.41) is 8.00. The first-order valence-corrected chi connectivity index (χ1v) is 8.95. The zero-order valence-electron chi connectivity index (χ0n) is 14.4. The molecule has 27 heavy (non-hydrogen) atoms. The summed E-state index contributed by atoms with van der Waals surface area (Å²) in [6.45, 7) is 0. The van der Waals surface area contributed by atoms with Crippen molar-refractivity contribution in [1.29, 1.82) is 0 Å². The maximum Gasteiger partial charge on any atom is 0.137 e. The van der Waals surface area contributed by atoms with Crippen molar-refractivity contribution in [1.82, 2.24) is 0 Å². The molecule has 0 spiro atoms. The Bertz CT molecular complexity index is 1340. The van der Waals surface area contributed by atoms with Crippen LogP contribution in [0.15, 0.2) is 93.8 Å². The Morgan fingerprint density at radius 1 is 0.444 bits per heavy atom. The predicted octanol–water partition coefficient (Wildman–Crippen LogP) is 7.23. The van der Waals surface area contributed by atoms with Gasteiger partial charge >= 0.3 is 0 Å². The minimum absolute atomic E-state index is 0.881. The summed E-state index contributed by atoms with van der Waals surface area (Å²) >= 11 is 0. The third-order valence-electron chi connectivity index (χ3n) is 5.05. The van der Waals surface area contributed by atoms with Crippen molar-refractivity contribution in [3.05, 3.63) is 84.9 Å². The molecule has 3 heteroatoms. The van der Waals surface area contributed by atoms with E-state index in [0.29, 0.717) is 0 Å².